The van der Waals surface area contributed by atoms with Crippen LogP contribution in [0.2, 0.25) is 0 Å². The molecule has 1 aliphatic carbocycles. The molecule has 0 aliphatic heterocycles. The molecule has 8 nitrogen and oxygen atoms in total. The van der Waals surface area contributed by atoms with Crippen molar-refractivity contribution in [3.05, 3.63) is 51.6 Å². The minimum atomic E-state index is -0.930. The summed E-state index contributed by atoms with van der Waals surface area (Å²) in [5.74, 6) is -1.66. The number of carbonyl (C=O) groups excluding carboxylic acids is 5. The van der Waals surface area contributed by atoms with E-state index in [4.69, 9.17) is 14.2 Å². The number of ketones is 4. The summed E-state index contributed by atoms with van der Waals surface area (Å²) in [5, 5.41) is 0. The third kappa shape index (κ3) is 5.33. The van der Waals surface area contributed by atoms with E-state index in [1.165, 1.54) is 39.3 Å². The van der Waals surface area contributed by atoms with Crippen LogP contribution in [0.1, 0.15) is 90.4 Å². The van der Waals surface area contributed by atoms with Gasteiger partial charge in [0.25, 0.3) is 0 Å². The molecular formula is C29H32O8. The van der Waals surface area contributed by atoms with Crippen molar-refractivity contribution in [2.75, 3.05) is 14.2 Å². The molecule has 1 aliphatic rings. The number of carbonyl (C=O) groups is 5. The Morgan fingerprint density at radius 2 is 1.46 bits per heavy atom. The van der Waals surface area contributed by atoms with E-state index in [1.807, 2.05) is 0 Å². The van der Waals surface area contributed by atoms with Gasteiger partial charge >= 0.3 is 5.97 Å². The second-order valence-electron chi connectivity index (χ2n) is 10.1. The Hall–Kier alpha value is -3.81. The van der Waals surface area contributed by atoms with Crippen LogP contribution in [0.3, 0.4) is 0 Å². The topological polar surface area (TPSA) is 113 Å². The zero-order valence-corrected chi connectivity index (χ0v) is 22.3. The first-order valence-electron chi connectivity index (χ1n) is 12.1. The summed E-state index contributed by atoms with van der Waals surface area (Å²) in [7, 11) is 2.77. The maximum absolute atomic E-state index is 14.0. The molecule has 0 atom stereocenters. The summed E-state index contributed by atoms with van der Waals surface area (Å²) in [6.07, 6.45) is 0.507. The largest absolute Gasteiger partial charge is 0.496 e. The molecule has 0 radical (unpaired) electrons. The molecule has 0 amide bonds. The van der Waals surface area contributed by atoms with Gasteiger partial charge in [-0.3, -0.25) is 24.0 Å². The minimum Gasteiger partial charge on any atom is -0.496 e. The van der Waals surface area contributed by atoms with E-state index >= 15 is 0 Å². The highest BCUT2D eigenvalue weighted by Crippen LogP contribution is 2.44. The van der Waals surface area contributed by atoms with Gasteiger partial charge in [-0.25, -0.2) is 0 Å². The molecule has 196 valence electrons. The van der Waals surface area contributed by atoms with E-state index in [0.29, 0.717) is 17.5 Å². The highest BCUT2D eigenvalue weighted by Gasteiger charge is 2.40. The van der Waals surface area contributed by atoms with Crippen LogP contribution in [-0.4, -0.2) is 43.3 Å². The van der Waals surface area contributed by atoms with Gasteiger partial charge in [0.1, 0.15) is 28.8 Å². The van der Waals surface area contributed by atoms with Crippen LogP contribution in [0, 0.1) is 5.41 Å². The first-order chi connectivity index (χ1) is 17.3. The van der Waals surface area contributed by atoms with Crippen molar-refractivity contribution < 1.29 is 38.2 Å². The lowest BCUT2D eigenvalue weighted by Gasteiger charge is -2.27. The van der Waals surface area contributed by atoms with Gasteiger partial charge in [-0.15, -0.1) is 0 Å². The molecule has 0 bridgehead atoms. The zero-order valence-electron chi connectivity index (χ0n) is 22.3. The van der Waals surface area contributed by atoms with E-state index in [1.54, 1.807) is 27.7 Å². The number of ether oxygens (including phenoxy) is 3. The van der Waals surface area contributed by atoms with E-state index < -0.39 is 23.0 Å². The number of hydrogen-bond donors (Lipinski definition) is 0. The van der Waals surface area contributed by atoms with Crippen molar-refractivity contribution in [1.82, 2.24) is 0 Å². The molecule has 2 aromatic rings. The van der Waals surface area contributed by atoms with Crippen LogP contribution >= 0.6 is 0 Å². The summed E-state index contributed by atoms with van der Waals surface area (Å²) >= 11 is 0. The normalized spacial score (nSPS) is 12.5. The number of rotatable bonds is 9. The molecule has 0 N–H and O–H groups in total. The molecule has 0 spiro atoms. The highest BCUT2D eigenvalue weighted by molar-refractivity contribution is 6.31. The maximum Gasteiger partial charge on any atom is 0.316 e. The van der Waals surface area contributed by atoms with Gasteiger partial charge in [-0.1, -0.05) is 6.92 Å². The second-order valence-corrected chi connectivity index (χ2v) is 10.1. The standard InChI is InChI=1S/C29H32O8/c1-8-17(31)9-10-18-16(13-15(2)30)14-19-22(27(18)37-28(34)29(3,4)5)26(33)24-21(36-7)12-11-20(35-6)23(24)25(19)32/h11-12,14H,8-10,13H2,1-7H3. The van der Waals surface area contributed by atoms with Crippen molar-refractivity contribution in [2.45, 2.75) is 60.3 Å². The van der Waals surface area contributed by atoms with Gasteiger partial charge in [0.15, 0.2) is 5.78 Å². The van der Waals surface area contributed by atoms with Crippen molar-refractivity contribution >= 4 is 29.1 Å². The molecule has 37 heavy (non-hydrogen) atoms. The van der Waals surface area contributed by atoms with Crippen molar-refractivity contribution in [3.63, 3.8) is 0 Å². The maximum atomic E-state index is 14.0. The summed E-state index contributed by atoms with van der Waals surface area (Å²) in [5.41, 5.74) is -0.161. The average Bonchev–Trinajstić information content (AvgIpc) is 2.84. The third-order valence-corrected chi connectivity index (χ3v) is 6.27. The first-order valence-corrected chi connectivity index (χ1v) is 12.1. The molecule has 0 fully saturated rings. The van der Waals surface area contributed by atoms with Gasteiger partial charge in [0.05, 0.1) is 36.3 Å². The van der Waals surface area contributed by atoms with E-state index in [9.17, 15) is 24.0 Å². The average molecular weight is 509 g/mol. The molecule has 0 saturated heterocycles. The Morgan fingerprint density at radius 3 is 1.95 bits per heavy atom. The Balaban J connectivity index is 2.41. The predicted octanol–water partition coefficient (Wildman–Crippen LogP) is 4.47. The summed E-state index contributed by atoms with van der Waals surface area (Å²) in [6.45, 7) is 8.13. The number of hydrogen-bond acceptors (Lipinski definition) is 8. The van der Waals surface area contributed by atoms with Gasteiger partial charge < -0.3 is 14.2 Å². The zero-order chi connectivity index (χ0) is 27.7. The number of Topliss-reactive ketones (excluding diaryl/α,β-unsaturated/α-hetero) is 2. The van der Waals surface area contributed by atoms with Crippen molar-refractivity contribution in [2.24, 2.45) is 5.41 Å². The summed E-state index contributed by atoms with van der Waals surface area (Å²) in [4.78, 5) is 65.3. The monoisotopic (exact) mass is 508 g/mol. The number of fused-ring (bicyclic) bond motifs is 2. The molecule has 2 aromatic carbocycles. The predicted molar refractivity (Wildman–Crippen MR) is 136 cm³/mol. The molecule has 0 unspecified atom stereocenters. The Kier molecular flexibility index (Phi) is 8.00. The molecular weight excluding hydrogens is 476 g/mol. The number of methoxy groups -OCH3 is 2. The number of esters is 1. The lowest BCUT2D eigenvalue weighted by molar-refractivity contribution is -0.143. The molecule has 0 saturated carbocycles. The highest BCUT2D eigenvalue weighted by atomic mass is 16.5. The lowest BCUT2D eigenvalue weighted by atomic mass is 9.79. The van der Waals surface area contributed by atoms with E-state index in [2.05, 4.69) is 0 Å². The van der Waals surface area contributed by atoms with E-state index in [0.717, 1.165) is 0 Å². The van der Waals surface area contributed by atoms with Crippen LogP contribution in [0.5, 0.6) is 17.2 Å². The molecule has 8 heteroatoms. The van der Waals surface area contributed by atoms with Gasteiger partial charge in [0.2, 0.25) is 5.78 Å². The SMILES string of the molecule is CCC(=O)CCc1c(CC(C)=O)cc2c(c1OC(=O)C(C)(C)C)C(=O)c1c(OC)ccc(OC)c1C2=O. The quantitative estimate of drug-likeness (QED) is 0.307. The second kappa shape index (κ2) is 10.7. The van der Waals surface area contributed by atoms with Crippen LogP contribution in [0.15, 0.2) is 18.2 Å². The van der Waals surface area contributed by atoms with Crippen molar-refractivity contribution in [1.29, 1.82) is 0 Å². The third-order valence-electron chi connectivity index (χ3n) is 6.27. The minimum absolute atomic E-state index is 0.00214. The number of benzene rings is 2. The smallest absolute Gasteiger partial charge is 0.316 e. The van der Waals surface area contributed by atoms with Crippen LogP contribution in [-0.2, 0) is 27.2 Å². The van der Waals surface area contributed by atoms with Gasteiger partial charge in [-0.05, 0) is 63.4 Å². The Labute approximate surface area is 216 Å². The van der Waals surface area contributed by atoms with Crippen LogP contribution < -0.4 is 14.2 Å². The summed E-state index contributed by atoms with van der Waals surface area (Å²) < 4.78 is 16.6. The van der Waals surface area contributed by atoms with Gasteiger partial charge in [-0.2, -0.15) is 0 Å². The molecule has 3 rings (SSSR count). The Morgan fingerprint density at radius 1 is 0.892 bits per heavy atom. The van der Waals surface area contributed by atoms with Crippen molar-refractivity contribution in [3.8, 4) is 17.2 Å². The lowest BCUT2D eigenvalue weighted by Crippen LogP contribution is -2.30. The van der Waals surface area contributed by atoms with Crippen LogP contribution in [0.25, 0.3) is 0 Å². The van der Waals surface area contributed by atoms with Gasteiger partial charge in [0, 0.05) is 24.8 Å². The fourth-order valence-corrected chi connectivity index (χ4v) is 4.27. The Bertz CT molecular complexity index is 1310. The fraction of sp³-hybridized carbons (Fsp3) is 0.414. The van der Waals surface area contributed by atoms with E-state index in [-0.39, 0.29) is 70.3 Å². The molecule has 0 heterocycles. The molecule has 0 aromatic heterocycles. The summed E-state index contributed by atoms with van der Waals surface area (Å²) in [6, 6.07) is 4.56. The first kappa shape index (κ1) is 27.8. The van der Waals surface area contributed by atoms with Crippen LogP contribution in [0.4, 0.5) is 0 Å². The fourth-order valence-electron chi connectivity index (χ4n) is 4.27.